The Balaban J connectivity index is 0.999. The molecule has 76 heavy (non-hydrogen) atoms. The van der Waals surface area contributed by atoms with Crippen molar-refractivity contribution in [2.45, 2.75) is 38.5 Å². The summed E-state index contributed by atoms with van der Waals surface area (Å²) in [6, 6.07) is 87.6. The molecule has 0 saturated heterocycles. The van der Waals surface area contributed by atoms with Crippen LogP contribution >= 0.6 is 0 Å². The smallest absolute Gasteiger partial charge is 0.160 e. The minimum absolute atomic E-state index is 0.446. The Bertz CT molecular complexity index is 4450. The average molecular weight is 977 g/mol. The lowest BCUT2D eigenvalue weighted by Crippen LogP contribution is -2.24. The first kappa shape index (κ1) is 44.1. The molecule has 0 amide bonds. The first-order valence-corrected chi connectivity index (χ1v) is 26.4. The molecule has 0 unspecified atom stereocenters. The molecule has 0 spiro atoms. The fraction of sp³-hybridized carbons (Fsp3) is 0.0833. The Morgan fingerprint density at radius 1 is 0.316 bits per heavy atom. The SMILES string of the molecule is CC1(C)c2cc(N(c3ccccc3)c3ccccc3-c3ccccc3)c3c(oc4ccccc43)c2-c2ccc3c(c21)C(C)(C)c1cc(N(c2ccccc2)c2ccccc2-c2ccccc2)c2oc4ccccc4c2c1-3. The second-order valence-corrected chi connectivity index (χ2v) is 21.5. The van der Waals surface area contributed by atoms with Crippen LogP contribution in [-0.2, 0) is 10.8 Å². The molecular weight excluding hydrogens is 925 g/mol. The first-order chi connectivity index (χ1) is 37.3. The Labute approximate surface area is 442 Å². The van der Waals surface area contributed by atoms with Gasteiger partial charge in [0.15, 0.2) is 5.58 Å². The number of anilines is 6. The van der Waals surface area contributed by atoms with E-state index in [1.54, 1.807) is 0 Å². The van der Waals surface area contributed by atoms with Crippen molar-refractivity contribution in [1.82, 2.24) is 0 Å². The number of fused-ring (bicyclic) bond motifs is 15. The van der Waals surface area contributed by atoms with Gasteiger partial charge in [-0.1, -0.05) is 210 Å². The summed E-state index contributed by atoms with van der Waals surface area (Å²) in [6.45, 7) is 9.76. The molecule has 11 aromatic carbocycles. The summed E-state index contributed by atoms with van der Waals surface area (Å²) in [5.41, 5.74) is 23.7. The summed E-state index contributed by atoms with van der Waals surface area (Å²) in [6.07, 6.45) is 0. The van der Waals surface area contributed by atoms with Gasteiger partial charge in [0.05, 0.1) is 28.1 Å². The van der Waals surface area contributed by atoms with Crippen molar-refractivity contribution >= 4 is 78.0 Å². The van der Waals surface area contributed by atoms with Crippen molar-refractivity contribution in [2.75, 3.05) is 9.80 Å². The predicted octanol–water partition coefficient (Wildman–Crippen LogP) is 20.4. The molecule has 2 aliphatic carbocycles. The number of benzene rings is 11. The van der Waals surface area contributed by atoms with Crippen molar-refractivity contribution < 1.29 is 8.83 Å². The van der Waals surface area contributed by atoms with Gasteiger partial charge in [0, 0.05) is 55.1 Å². The lowest BCUT2D eigenvalue weighted by molar-refractivity contribution is 0.600. The summed E-state index contributed by atoms with van der Waals surface area (Å²) in [5.74, 6) is 0. The van der Waals surface area contributed by atoms with Crippen LogP contribution in [0, 0.1) is 0 Å². The zero-order valence-electron chi connectivity index (χ0n) is 42.8. The van der Waals surface area contributed by atoms with E-state index >= 15 is 0 Å². The fourth-order valence-electron chi connectivity index (χ4n) is 13.3. The number of rotatable bonds is 8. The van der Waals surface area contributed by atoms with Crippen LogP contribution in [0.5, 0.6) is 0 Å². The monoisotopic (exact) mass is 976 g/mol. The van der Waals surface area contributed by atoms with Crippen LogP contribution in [0.25, 0.3) is 88.4 Å². The van der Waals surface area contributed by atoms with Crippen LogP contribution in [0.4, 0.5) is 34.1 Å². The third-order valence-electron chi connectivity index (χ3n) is 16.6. The van der Waals surface area contributed by atoms with Crippen molar-refractivity contribution in [2.24, 2.45) is 0 Å². The molecule has 0 saturated carbocycles. The van der Waals surface area contributed by atoms with Gasteiger partial charge < -0.3 is 18.6 Å². The van der Waals surface area contributed by atoms with Crippen LogP contribution in [0.15, 0.2) is 251 Å². The van der Waals surface area contributed by atoms with E-state index in [4.69, 9.17) is 8.83 Å². The van der Waals surface area contributed by atoms with Gasteiger partial charge in [-0.15, -0.1) is 0 Å². The Hall–Kier alpha value is -9.38. The molecule has 13 aromatic rings. The van der Waals surface area contributed by atoms with E-state index in [9.17, 15) is 0 Å². The van der Waals surface area contributed by atoms with E-state index in [0.29, 0.717) is 0 Å². The highest BCUT2D eigenvalue weighted by atomic mass is 16.3. The Morgan fingerprint density at radius 2 is 0.711 bits per heavy atom. The number of hydrogen-bond donors (Lipinski definition) is 0. The number of hydrogen-bond acceptors (Lipinski definition) is 4. The normalized spacial score (nSPS) is 13.7. The van der Waals surface area contributed by atoms with Gasteiger partial charge in [-0.3, -0.25) is 0 Å². The van der Waals surface area contributed by atoms with Crippen molar-refractivity contribution in [3.8, 4) is 44.5 Å². The van der Waals surface area contributed by atoms with Crippen molar-refractivity contribution in [1.29, 1.82) is 0 Å². The van der Waals surface area contributed by atoms with Gasteiger partial charge >= 0.3 is 0 Å². The van der Waals surface area contributed by atoms with Gasteiger partial charge in [0.2, 0.25) is 0 Å². The molecule has 0 fully saturated rings. The molecule has 2 aromatic heterocycles. The predicted molar refractivity (Wildman–Crippen MR) is 316 cm³/mol. The fourth-order valence-corrected chi connectivity index (χ4v) is 13.3. The molecule has 0 N–H and O–H groups in total. The number of para-hydroxylation sites is 6. The van der Waals surface area contributed by atoms with Crippen LogP contribution in [0.1, 0.15) is 49.9 Å². The van der Waals surface area contributed by atoms with Crippen molar-refractivity contribution in [3.05, 3.63) is 265 Å². The minimum atomic E-state index is -0.455. The molecule has 15 rings (SSSR count). The third kappa shape index (κ3) is 6.31. The summed E-state index contributed by atoms with van der Waals surface area (Å²) < 4.78 is 14.5. The minimum Gasteiger partial charge on any atom is -0.455 e. The van der Waals surface area contributed by atoms with E-state index in [0.717, 1.165) is 100 Å². The number of furan rings is 2. The maximum absolute atomic E-state index is 7.27. The molecular formula is C72H52N2O2. The van der Waals surface area contributed by atoms with Gasteiger partial charge in [0.1, 0.15) is 16.7 Å². The summed E-state index contributed by atoms with van der Waals surface area (Å²) in [5, 5.41) is 4.43. The lowest BCUT2D eigenvalue weighted by Gasteiger charge is -2.32. The highest BCUT2D eigenvalue weighted by Crippen LogP contribution is 2.64. The Kier molecular flexibility index (Phi) is 9.62. The molecule has 0 aliphatic heterocycles. The largest absolute Gasteiger partial charge is 0.455 e. The van der Waals surface area contributed by atoms with Gasteiger partial charge in [0.25, 0.3) is 0 Å². The highest BCUT2D eigenvalue weighted by Gasteiger charge is 2.49. The molecule has 0 bridgehead atoms. The van der Waals surface area contributed by atoms with Crippen molar-refractivity contribution in [3.63, 3.8) is 0 Å². The second-order valence-electron chi connectivity index (χ2n) is 21.5. The molecule has 362 valence electrons. The quantitative estimate of drug-likeness (QED) is 0.152. The van der Waals surface area contributed by atoms with E-state index in [1.807, 2.05) is 0 Å². The summed E-state index contributed by atoms with van der Waals surface area (Å²) in [4.78, 5) is 4.89. The molecule has 2 heterocycles. The zero-order valence-corrected chi connectivity index (χ0v) is 42.8. The second kappa shape index (κ2) is 16.6. The van der Waals surface area contributed by atoms with E-state index in [2.05, 4.69) is 280 Å². The van der Waals surface area contributed by atoms with Gasteiger partial charge in [-0.2, -0.15) is 0 Å². The zero-order chi connectivity index (χ0) is 50.9. The Morgan fingerprint density at radius 3 is 1.25 bits per heavy atom. The molecule has 0 radical (unpaired) electrons. The van der Waals surface area contributed by atoms with E-state index in [1.165, 1.54) is 44.5 Å². The van der Waals surface area contributed by atoms with Crippen LogP contribution in [-0.4, -0.2) is 0 Å². The molecule has 0 atom stereocenters. The van der Waals surface area contributed by atoms with E-state index < -0.39 is 10.8 Å². The van der Waals surface area contributed by atoms with Crippen LogP contribution in [0.3, 0.4) is 0 Å². The number of nitrogens with zero attached hydrogens (tertiary/aromatic N) is 2. The van der Waals surface area contributed by atoms with Crippen LogP contribution in [0.2, 0.25) is 0 Å². The third-order valence-corrected chi connectivity index (χ3v) is 16.6. The topological polar surface area (TPSA) is 32.8 Å². The maximum Gasteiger partial charge on any atom is 0.160 e. The highest BCUT2D eigenvalue weighted by molar-refractivity contribution is 6.22. The summed E-state index contributed by atoms with van der Waals surface area (Å²) in [7, 11) is 0. The molecule has 2 aliphatic rings. The lowest BCUT2D eigenvalue weighted by atomic mass is 9.72. The standard InChI is InChI=1S/C72H52N2O2/c1-71(2)55-44-60(74(48-31-15-8-16-32-48)58-38-22-18-34-50(58)46-27-11-6-12-28-46)69-66(52-36-20-24-40-62(52)75-69)63(55)53-41-42-54-64-56(72(3,4)68(54)67(53)71)43-59(65-51-35-19-23-39-61(51)76-70(64)65)73(47-29-13-7-14-30-47)57-37-21-17-33-49(57)45-25-9-5-10-26-45/h5-44H,1-4H3. The van der Waals surface area contributed by atoms with Crippen LogP contribution < -0.4 is 9.80 Å². The average Bonchev–Trinajstić information content (AvgIpc) is 4.28. The summed E-state index contributed by atoms with van der Waals surface area (Å²) >= 11 is 0. The van der Waals surface area contributed by atoms with Gasteiger partial charge in [-0.05, 0) is 111 Å². The van der Waals surface area contributed by atoms with E-state index in [-0.39, 0.29) is 0 Å². The molecule has 4 heteroatoms. The van der Waals surface area contributed by atoms with Gasteiger partial charge in [-0.25, -0.2) is 0 Å². The maximum atomic E-state index is 7.27. The molecule has 4 nitrogen and oxygen atoms in total. The first-order valence-electron chi connectivity index (χ1n) is 26.4.